The Balaban J connectivity index is 1.45. The summed E-state index contributed by atoms with van der Waals surface area (Å²) in [7, 11) is 2.17. The highest BCUT2D eigenvalue weighted by Crippen LogP contribution is 2.22. The predicted octanol–water partition coefficient (Wildman–Crippen LogP) is 2.91. The van der Waals surface area contributed by atoms with Crippen LogP contribution >= 0.6 is 0 Å². The molecule has 0 atom stereocenters. The van der Waals surface area contributed by atoms with Crippen molar-refractivity contribution in [2.75, 3.05) is 56.5 Å². The summed E-state index contributed by atoms with van der Waals surface area (Å²) in [6.45, 7) is 7.75. The second kappa shape index (κ2) is 8.78. The lowest BCUT2D eigenvalue weighted by Gasteiger charge is -2.34. The summed E-state index contributed by atoms with van der Waals surface area (Å²) in [5.74, 6) is 1.26. The molecule has 2 aliphatic heterocycles. The molecule has 2 fully saturated rings. The Morgan fingerprint density at radius 3 is 2.31 bits per heavy atom. The van der Waals surface area contributed by atoms with Gasteiger partial charge in [-0.1, -0.05) is 0 Å². The van der Waals surface area contributed by atoms with Crippen molar-refractivity contribution in [3.63, 3.8) is 0 Å². The number of anilines is 3. The lowest BCUT2D eigenvalue weighted by molar-refractivity contribution is 0.0718. The van der Waals surface area contributed by atoms with Gasteiger partial charge < -0.3 is 20.0 Å². The third-order valence-corrected chi connectivity index (χ3v) is 5.71. The fraction of sp³-hybridized carbons (Fsp3) is 0.500. The van der Waals surface area contributed by atoms with E-state index >= 15 is 0 Å². The van der Waals surface area contributed by atoms with Crippen LogP contribution in [0.4, 0.5) is 17.2 Å². The van der Waals surface area contributed by atoms with E-state index in [1.807, 2.05) is 11.8 Å². The highest BCUT2D eigenvalue weighted by Gasteiger charge is 2.20. The Morgan fingerprint density at radius 1 is 0.931 bits per heavy atom. The fourth-order valence-electron chi connectivity index (χ4n) is 3.97. The molecule has 1 aromatic heterocycles. The van der Waals surface area contributed by atoms with Crippen molar-refractivity contribution in [1.29, 1.82) is 0 Å². The maximum atomic E-state index is 12.8. The van der Waals surface area contributed by atoms with Gasteiger partial charge in [-0.3, -0.25) is 4.79 Å². The average Bonchev–Trinajstić information content (AvgIpc) is 2.75. The van der Waals surface area contributed by atoms with Crippen LogP contribution in [0.25, 0.3) is 0 Å². The lowest BCUT2D eigenvalue weighted by atomic mass is 10.1. The van der Waals surface area contributed by atoms with E-state index in [9.17, 15) is 4.79 Å². The van der Waals surface area contributed by atoms with Crippen molar-refractivity contribution in [1.82, 2.24) is 19.8 Å². The van der Waals surface area contributed by atoms with Gasteiger partial charge in [0.1, 0.15) is 17.3 Å². The van der Waals surface area contributed by atoms with Gasteiger partial charge >= 0.3 is 0 Å². The molecule has 7 nitrogen and oxygen atoms in total. The topological polar surface area (TPSA) is 64.6 Å². The molecular weight excluding hydrogens is 364 g/mol. The Morgan fingerprint density at radius 2 is 1.62 bits per heavy atom. The standard InChI is InChI=1S/C22H30N6O/c1-17-23-20(22(29)28-10-4-3-5-11-28)16-21(24-17)25-18-6-8-19(9-7-18)27-14-12-26(2)13-15-27/h6-9,16H,3-5,10-15H2,1-2H3,(H,23,24,25). The number of hydrogen-bond acceptors (Lipinski definition) is 6. The first-order chi connectivity index (χ1) is 14.1. The van der Waals surface area contributed by atoms with E-state index < -0.39 is 0 Å². The van der Waals surface area contributed by atoms with Gasteiger partial charge in [-0.05, 0) is 57.5 Å². The maximum absolute atomic E-state index is 12.8. The van der Waals surface area contributed by atoms with Crippen molar-refractivity contribution < 1.29 is 4.79 Å². The van der Waals surface area contributed by atoms with Crippen LogP contribution in [-0.2, 0) is 0 Å². The summed E-state index contributed by atoms with van der Waals surface area (Å²) < 4.78 is 0. The van der Waals surface area contributed by atoms with E-state index in [2.05, 4.69) is 56.4 Å². The zero-order valence-electron chi connectivity index (χ0n) is 17.4. The third kappa shape index (κ3) is 4.85. The van der Waals surface area contributed by atoms with Crippen LogP contribution in [0.15, 0.2) is 30.3 Å². The van der Waals surface area contributed by atoms with E-state index in [1.165, 1.54) is 12.1 Å². The monoisotopic (exact) mass is 394 g/mol. The molecule has 0 unspecified atom stereocenters. The largest absolute Gasteiger partial charge is 0.369 e. The van der Waals surface area contributed by atoms with Gasteiger partial charge in [0, 0.05) is 56.7 Å². The van der Waals surface area contributed by atoms with E-state index in [1.54, 1.807) is 6.07 Å². The predicted molar refractivity (Wildman–Crippen MR) is 116 cm³/mol. The summed E-state index contributed by atoms with van der Waals surface area (Å²) in [6.07, 6.45) is 3.34. The van der Waals surface area contributed by atoms with Gasteiger partial charge in [-0.2, -0.15) is 0 Å². The number of carbonyl (C=O) groups is 1. The molecule has 1 amide bonds. The quantitative estimate of drug-likeness (QED) is 0.860. The van der Waals surface area contributed by atoms with Crippen LogP contribution in [0.5, 0.6) is 0 Å². The molecule has 2 aromatic rings. The number of carbonyl (C=O) groups excluding carboxylic acids is 1. The zero-order chi connectivity index (χ0) is 20.2. The Bertz CT molecular complexity index is 839. The van der Waals surface area contributed by atoms with Crippen LogP contribution in [0.3, 0.4) is 0 Å². The van der Waals surface area contributed by atoms with Crippen LogP contribution in [0.2, 0.25) is 0 Å². The number of aryl methyl sites for hydroxylation is 1. The first kappa shape index (κ1) is 19.6. The minimum absolute atomic E-state index is 0.00339. The number of amides is 1. The number of benzene rings is 1. The molecule has 0 saturated carbocycles. The highest BCUT2D eigenvalue weighted by atomic mass is 16.2. The molecule has 0 bridgehead atoms. The number of nitrogens with one attached hydrogen (secondary N) is 1. The van der Waals surface area contributed by atoms with E-state index in [0.717, 1.165) is 57.8 Å². The van der Waals surface area contributed by atoms with E-state index in [-0.39, 0.29) is 5.91 Å². The molecule has 1 aromatic carbocycles. The van der Waals surface area contributed by atoms with Gasteiger partial charge in [-0.15, -0.1) is 0 Å². The lowest BCUT2D eigenvalue weighted by Crippen LogP contribution is -2.44. The number of piperazine rings is 1. The minimum atomic E-state index is 0.00339. The number of piperidine rings is 1. The van der Waals surface area contributed by atoms with Gasteiger partial charge in [-0.25, -0.2) is 9.97 Å². The number of aromatic nitrogens is 2. The highest BCUT2D eigenvalue weighted by molar-refractivity contribution is 5.93. The van der Waals surface area contributed by atoms with Gasteiger partial charge in [0.15, 0.2) is 0 Å². The van der Waals surface area contributed by atoms with Crippen LogP contribution in [0, 0.1) is 6.92 Å². The average molecular weight is 395 g/mol. The van der Waals surface area contributed by atoms with Crippen LogP contribution in [-0.4, -0.2) is 72.0 Å². The summed E-state index contributed by atoms with van der Waals surface area (Å²) in [4.78, 5) is 28.3. The summed E-state index contributed by atoms with van der Waals surface area (Å²) >= 11 is 0. The second-order valence-electron chi connectivity index (χ2n) is 8.00. The number of nitrogens with zero attached hydrogens (tertiary/aromatic N) is 5. The molecule has 2 aliphatic rings. The van der Waals surface area contributed by atoms with Crippen molar-refractivity contribution >= 4 is 23.1 Å². The smallest absolute Gasteiger partial charge is 0.272 e. The molecule has 0 spiro atoms. The van der Waals surface area contributed by atoms with Crippen LogP contribution < -0.4 is 10.2 Å². The molecule has 29 heavy (non-hydrogen) atoms. The summed E-state index contributed by atoms with van der Waals surface area (Å²) in [5.41, 5.74) is 2.66. The number of likely N-dealkylation sites (N-methyl/N-ethyl adjacent to an activating group) is 1. The number of likely N-dealkylation sites (tertiary alicyclic amines) is 1. The number of rotatable bonds is 4. The molecule has 3 heterocycles. The van der Waals surface area contributed by atoms with Crippen molar-refractivity contribution in [2.24, 2.45) is 0 Å². The molecule has 2 saturated heterocycles. The Labute approximate surface area is 172 Å². The van der Waals surface area contributed by atoms with Crippen LogP contribution in [0.1, 0.15) is 35.6 Å². The van der Waals surface area contributed by atoms with E-state index in [0.29, 0.717) is 17.3 Å². The molecule has 0 radical (unpaired) electrons. The first-order valence-electron chi connectivity index (χ1n) is 10.5. The molecule has 1 N–H and O–H groups in total. The molecule has 154 valence electrons. The first-order valence-corrected chi connectivity index (χ1v) is 10.5. The normalized spacial score (nSPS) is 18.0. The maximum Gasteiger partial charge on any atom is 0.272 e. The summed E-state index contributed by atoms with van der Waals surface area (Å²) in [6, 6.07) is 10.2. The molecule has 0 aliphatic carbocycles. The zero-order valence-corrected chi connectivity index (χ0v) is 17.4. The molecular formula is C22H30N6O. The minimum Gasteiger partial charge on any atom is -0.369 e. The Hall–Kier alpha value is -2.67. The Kier molecular flexibility index (Phi) is 5.94. The van der Waals surface area contributed by atoms with Gasteiger partial charge in [0.2, 0.25) is 0 Å². The SMILES string of the molecule is Cc1nc(Nc2ccc(N3CCN(C)CC3)cc2)cc(C(=O)N2CCCCC2)n1. The number of hydrogen-bond donors (Lipinski definition) is 1. The summed E-state index contributed by atoms with van der Waals surface area (Å²) in [5, 5.41) is 3.33. The van der Waals surface area contributed by atoms with E-state index in [4.69, 9.17) is 0 Å². The second-order valence-corrected chi connectivity index (χ2v) is 8.00. The molecule has 7 heteroatoms. The van der Waals surface area contributed by atoms with Crippen molar-refractivity contribution in [3.05, 3.63) is 41.9 Å². The molecule has 4 rings (SSSR count). The van der Waals surface area contributed by atoms with Gasteiger partial charge in [0.05, 0.1) is 0 Å². The van der Waals surface area contributed by atoms with Crippen molar-refractivity contribution in [2.45, 2.75) is 26.2 Å². The van der Waals surface area contributed by atoms with Crippen molar-refractivity contribution in [3.8, 4) is 0 Å². The van der Waals surface area contributed by atoms with Gasteiger partial charge in [0.25, 0.3) is 5.91 Å². The third-order valence-electron chi connectivity index (χ3n) is 5.71. The fourth-order valence-corrected chi connectivity index (χ4v) is 3.97.